The lowest BCUT2D eigenvalue weighted by molar-refractivity contribution is 0.0695. The van der Waals surface area contributed by atoms with Crippen molar-refractivity contribution in [3.63, 3.8) is 0 Å². The lowest BCUT2D eigenvalue weighted by Crippen LogP contribution is -2.26. The Morgan fingerprint density at radius 3 is 2.77 bits per heavy atom. The van der Waals surface area contributed by atoms with Crippen molar-refractivity contribution in [3.05, 3.63) is 53.5 Å². The van der Waals surface area contributed by atoms with E-state index < -0.39 is 11.9 Å². The predicted molar refractivity (Wildman–Crippen MR) is 79.2 cm³/mol. The minimum absolute atomic E-state index is 0.0368. The van der Waals surface area contributed by atoms with Crippen molar-refractivity contribution in [3.8, 4) is 5.75 Å². The van der Waals surface area contributed by atoms with Crippen molar-refractivity contribution >= 4 is 11.9 Å². The molecule has 116 valence electrons. The summed E-state index contributed by atoms with van der Waals surface area (Å²) in [6.45, 7) is 4.29. The molecule has 1 aromatic carbocycles. The van der Waals surface area contributed by atoms with Crippen LogP contribution in [0, 0.1) is 0 Å². The number of hydrogen-bond acceptors (Lipinski definition) is 4. The highest BCUT2D eigenvalue weighted by Gasteiger charge is 2.17. The van der Waals surface area contributed by atoms with E-state index in [9.17, 15) is 9.59 Å². The van der Waals surface area contributed by atoms with Crippen LogP contribution in [-0.4, -0.2) is 23.6 Å². The molecule has 0 aliphatic carbocycles. The van der Waals surface area contributed by atoms with E-state index in [1.54, 1.807) is 0 Å². The van der Waals surface area contributed by atoms with Gasteiger partial charge in [0.1, 0.15) is 12.0 Å². The molecule has 0 spiro atoms. The average molecular weight is 303 g/mol. The first kappa shape index (κ1) is 15.6. The third kappa shape index (κ3) is 3.66. The Kier molecular flexibility index (Phi) is 4.83. The monoisotopic (exact) mass is 303 g/mol. The van der Waals surface area contributed by atoms with Crippen molar-refractivity contribution in [1.29, 1.82) is 0 Å². The zero-order valence-electron chi connectivity index (χ0n) is 12.3. The minimum atomic E-state index is -1.14. The van der Waals surface area contributed by atoms with Crippen LogP contribution in [-0.2, 0) is 0 Å². The van der Waals surface area contributed by atoms with Gasteiger partial charge >= 0.3 is 5.97 Å². The fraction of sp³-hybridized carbons (Fsp3) is 0.250. The molecule has 6 nitrogen and oxygen atoms in total. The number of carboxylic acid groups (broad SMARTS) is 1. The summed E-state index contributed by atoms with van der Waals surface area (Å²) >= 11 is 0. The molecule has 1 atom stereocenters. The number of carbonyl (C=O) groups is 2. The lowest BCUT2D eigenvalue weighted by Gasteiger charge is -2.14. The second kappa shape index (κ2) is 6.80. The fourth-order valence-electron chi connectivity index (χ4n) is 1.96. The summed E-state index contributed by atoms with van der Waals surface area (Å²) in [5.74, 6) is -0.917. The molecule has 2 rings (SSSR count). The molecule has 22 heavy (non-hydrogen) atoms. The molecular weight excluding hydrogens is 286 g/mol. The van der Waals surface area contributed by atoms with E-state index in [1.807, 2.05) is 38.1 Å². The van der Waals surface area contributed by atoms with Gasteiger partial charge in [-0.05, 0) is 31.5 Å². The highest BCUT2D eigenvalue weighted by molar-refractivity contribution is 5.95. The molecular formula is C16H17NO5. The summed E-state index contributed by atoms with van der Waals surface area (Å²) in [6, 6.07) is 8.33. The molecule has 2 aromatic rings. The summed E-state index contributed by atoms with van der Waals surface area (Å²) in [6.07, 6.45) is 1.04. The molecule has 0 bridgehead atoms. The molecule has 0 saturated heterocycles. The molecule has 0 aliphatic rings. The Balaban J connectivity index is 2.07. The normalized spacial score (nSPS) is 11.7. The third-order valence-electron chi connectivity index (χ3n) is 3.09. The van der Waals surface area contributed by atoms with Crippen LogP contribution in [0.3, 0.4) is 0 Å². The largest absolute Gasteiger partial charge is 0.494 e. The van der Waals surface area contributed by atoms with Gasteiger partial charge in [-0.15, -0.1) is 0 Å². The first-order valence-electron chi connectivity index (χ1n) is 6.86. The van der Waals surface area contributed by atoms with E-state index in [-0.39, 0.29) is 17.4 Å². The van der Waals surface area contributed by atoms with Gasteiger partial charge in [0.15, 0.2) is 5.76 Å². The van der Waals surface area contributed by atoms with Crippen molar-refractivity contribution in [2.24, 2.45) is 0 Å². The molecule has 1 amide bonds. The second-order valence-corrected chi connectivity index (χ2v) is 4.71. The molecule has 6 heteroatoms. The van der Waals surface area contributed by atoms with Crippen molar-refractivity contribution in [1.82, 2.24) is 5.32 Å². The van der Waals surface area contributed by atoms with E-state index in [2.05, 4.69) is 5.32 Å². The van der Waals surface area contributed by atoms with Crippen LogP contribution in [0.5, 0.6) is 5.75 Å². The van der Waals surface area contributed by atoms with E-state index in [1.165, 1.54) is 6.07 Å². The number of rotatable bonds is 6. The fourth-order valence-corrected chi connectivity index (χ4v) is 1.96. The quantitative estimate of drug-likeness (QED) is 0.856. The summed E-state index contributed by atoms with van der Waals surface area (Å²) in [5.41, 5.74) is 0.820. The summed E-state index contributed by atoms with van der Waals surface area (Å²) < 4.78 is 10.4. The van der Waals surface area contributed by atoms with Gasteiger partial charge in [0.25, 0.3) is 5.91 Å². The number of amides is 1. The van der Waals surface area contributed by atoms with Crippen LogP contribution in [0.15, 0.2) is 41.0 Å². The average Bonchev–Trinajstić information content (AvgIpc) is 2.98. The van der Waals surface area contributed by atoms with Gasteiger partial charge in [-0.3, -0.25) is 4.79 Å². The van der Waals surface area contributed by atoms with Crippen LogP contribution in [0.25, 0.3) is 0 Å². The maximum atomic E-state index is 12.0. The molecule has 1 heterocycles. The van der Waals surface area contributed by atoms with E-state index in [0.29, 0.717) is 6.61 Å². The van der Waals surface area contributed by atoms with Crippen LogP contribution < -0.4 is 10.1 Å². The lowest BCUT2D eigenvalue weighted by atomic mass is 10.1. The molecule has 0 aliphatic heterocycles. The Labute approximate surface area is 127 Å². The summed E-state index contributed by atoms with van der Waals surface area (Å²) in [4.78, 5) is 22.8. The third-order valence-corrected chi connectivity index (χ3v) is 3.09. The summed E-state index contributed by atoms with van der Waals surface area (Å²) in [7, 11) is 0. The van der Waals surface area contributed by atoms with Gasteiger partial charge in [-0.1, -0.05) is 12.1 Å². The zero-order chi connectivity index (χ0) is 16.1. The molecule has 0 saturated carbocycles. The first-order valence-corrected chi connectivity index (χ1v) is 6.86. The number of nitrogens with one attached hydrogen (secondary N) is 1. The maximum Gasteiger partial charge on any atom is 0.338 e. The number of carbonyl (C=O) groups excluding carboxylic acids is 1. The molecule has 0 fully saturated rings. The molecule has 1 unspecified atom stereocenters. The Bertz CT molecular complexity index is 677. The number of carboxylic acids is 1. The van der Waals surface area contributed by atoms with Gasteiger partial charge in [-0.2, -0.15) is 0 Å². The van der Waals surface area contributed by atoms with Crippen molar-refractivity contribution in [2.75, 3.05) is 6.61 Å². The number of ether oxygens (including phenoxy) is 1. The van der Waals surface area contributed by atoms with Crippen LogP contribution in [0.1, 0.15) is 46.4 Å². The van der Waals surface area contributed by atoms with Crippen molar-refractivity contribution in [2.45, 2.75) is 19.9 Å². The van der Waals surface area contributed by atoms with E-state index in [4.69, 9.17) is 14.3 Å². The minimum Gasteiger partial charge on any atom is -0.494 e. The highest BCUT2D eigenvalue weighted by atomic mass is 16.5. The molecule has 1 aromatic heterocycles. The topological polar surface area (TPSA) is 88.8 Å². The predicted octanol–water partition coefficient (Wildman–Crippen LogP) is 2.87. The SMILES string of the molecule is CCOc1cccc(C(C)NC(=O)c2cc(C(=O)O)co2)c1. The van der Waals surface area contributed by atoms with E-state index >= 15 is 0 Å². The Morgan fingerprint density at radius 2 is 2.14 bits per heavy atom. The Morgan fingerprint density at radius 1 is 1.36 bits per heavy atom. The van der Waals surface area contributed by atoms with Gasteiger partial charge in [0.2, 0.25) is 0 Å². The second-order valence-electron chi connectivity index (χ2n) is 4.71. The van der Waals surface area contributed by atoms with Crippen molar-refractivity contribution < 1.29 is 23.8 Å². The van der Waals surface area contributed by atoms with Gasteiger partial charge < -0.3 is 19.6 Å². The number of furan rings is 1. The molecule has 0 radical (unpaired) electrons. The number of benzene rings is 1. The first-order chi connectivity index (χ1) is 10.5. The van der Waals surface area contributed by atoms with E-state index in [0.717, 1.165) is 17.6 Å². The van der Waals surface area contributed by atoms with Crippen LogP contribution in [0.4, 0.5) is 0 Å². The van der Waals surface area contributed by atoms with Gasteiger partial charge in [-0.25, -0.2) is 4.79 Å². The Hall–Kier alpha value is -2.76. The maximum absolute atomic E-state index is 12.0. The smallest absolute Gasteiger partial charge is 0.338 e. The standard InChI is InChI=1S/C16H17NO5/c1-3-21-13-6-4-5-11(7-13)10(2)17-15(18)14-8-12(9-22-14)16(19)20/h4-10H,3H2,1-2H3,(H,17,18)(H,19,20). The van der Waals surface area contributed by atoms with Crippen LogP contribution in [0.2, 0.25) is 0 Å². The number of aromatic carboxylic acids is 1. The zero-order valence-corrected chi connectivity index (χ0v) is 12.3. The van der Waals surface area contributed by atoms with Gasteiger partial charge in [0, 0.05) is 6.07 Å². The van der Waals surface area contributed by atoms with Crippen LogP contribution >= 0.6 is 0 Å². The van der Waals surface area contributed by atoms with Gasteiger partial charge in [0.05, 0.1) is 18.2 Å². The summed E-state index contributed by atoms with van der Waals surface area (Å²) in [5, 5.41) is 11.6. The highest BCUT2D eigenvalue weighted by Crippen LogP contribution is 2.20. The number of hydrogen-bond donors (Lipinski definition) is 2. The molecule has 2 N–H and O–H groups in total.